The number of amides is 1. The summed E-state index contributed by atoms with van der Waals surface area (Å²) in [5.41, 5.74) is 3.93. The molecule has 0 radical (unpaired) electrons. The lowest BCUT2D eigenvalue weighted by Crippen LogP contribution is -2.40. The molecule has 8 nitrogen and oxygen atoms in total. The Hall–Kier alpha value is -3.08. The molecule has 11 heteroatoms. The molecular formula is C25H24ClN3O5S2. The van der Waals surface area contributed by atoms with Gasteiger partial charge in [-0.3, -0.25) is 4.90 Å². The van der Waals surface area contributed by atoms with Gasteiger partial charge in [-0.1, -0.05) is 35.1 Å². The second kappa shape index (κ2) is 9.76. The Balaban J connectivity index is 1.46. The van der Waals surface area contributed by atoms with E-state index in [4.69, 9.17) is 21.1 Å². The molecule has 0 fully saturated rings. The van der Waals surface area contributed by atoms with Crippen molar-refractivity contribution in [3.8, 4) is 10.9 Å². The maximum Gasteiger partial charge on any atom is 0.410 e. The summed E-state index contributed by atoms with van der Waals surface area (Å²) in [5.74, 6) is 0.484. The highest BCUT2D eigenvalue weighted by Gasteiger charge is 2.35. The lowest BCUT2D eigenvalue weighted by atomic mass is 9.92. The molecule has 36 heavy (non-hydrogen) atoms. The van der Waals surface area contributed by atoms with Gasteiger partial charge < -0.3 is 14.5 Å². The highest BCUT2D eigenvalue weighted by molar-refractivity contribution is 7.90. The molecule has 0 saturated carbocycles. The Morgan fingerprint density at radius 1 is 1.25 bits per heavy atom. The van der Waals surface area contributed by atoms with Crippen LogP contribution in [0.5, 0.6) is 10.9 Å². The van der Waals surface area contributed by atoms with Gasteiger partial charge in [0.1, 0.15) is 11.8 Å². The quantitative estimate of drug-likeness (QED) is 0.332. The zero-order valence-electron chi connectivity index (χ0n) is 19.7. The van der Waals surface area contributed by atoms with Crippen LogP contribution in [0.25, 0.3) is 10.9 Å². The number of carbonyl (C=O) groups is 1. The minimum atomic E-state index is -3.15. The first kappa shape index (κ1) is 24.6. The molecule has 1 aliphatic rings. The number of hydrogen-bond acceptors (Lipinski definition) is 7. The topological polar surface area (TPSA) is 102 Å². The Kier molecular flexibility index (Phi) is 6.67. The maximum atomic E-state index is 12.9. The molecular weight excluding hydrogens is 522 g/mol. The van der Waals surface area contributed by atoms with Gasteiger partial charge in [0.05, 0.1) is 12.4 Å². The monoisotopic (exact) mass is 545 g/mol. The molecule has 1 aliphatic heterocycles. The fourth-order valence-electron chi connectivity index (χ4n) is 4.49. The Morgan fingerprint density at radius 3 is 2.75 bits per heavy atom. The molecule has 5 rings (SSSR count). The summed E-state index contributed by atoms with van der Waals surface area (Å²) in [7, 11) is -3.15. The number of nitrogens with one attached hydrogen (secondary N) is 1. The summed E-state index contributed by atoms with van der Waals surface area (Å²) >= 11 is 7.46. The zero-order valence-corrected chi connectivity index (χ0v) is 22.0. The number of sulfone groups is 1. The third-order valence-corrected chi connectivity index (χ3v) is 8.06. The van der Waals surface area contributed by atoms with Gasteiger partial charge in [-0.05, 0) is 54.8 Å². The van der Waals surface area contributed by atoms with E-state index in [1.807, 2.05) is 42.5 Å². The third kappa shape index (κ3) is 5.07. The van der Waals surface area contributed by atoms with Gasteiger partial charge in [-0.2, -0.15) is 0 Å². The second-order valence-corrected chi connectivity index (χ2v) is 12.2. The molecule has 1 amide bonds. The van der Waals surface area contributed by atoms with E-state index in [9.17, 15) is 13.2 Å². The van der Waals surface area contributed by atoms with Crippen molar-refractivity contribution in [2.45, 2.75) is 25.1 Å². The van der Waals surface area contributed by atoms with Crippen molar-refractivity contribution >= 4 is 49.8 Å². The number of benzene rings is 2. The van der Waals surface area contributed by atoms with Gasteiger partial charge in [0, 0.05) is 45.5 Å². The smallest absolute Gasteiger partial charge is 0.410 e. The van der Waals surface area contributed by atoms with E-state index in [1.54, 1.807) is 11.8 Å². The van der Waals surface area contributed by atoms with E-state index >= 15 is 0 Å². The van der Waals surface area contributed by atoms with Crippen LogP contribution in [-0.2, 0) is 26.7 Å². The number of nitrogens with zero attached hydrogens (tertiary/aromatic N) is 2. The van der Waals surface area contributed by atoms with Gasteiger partial charge in [-0.15, -0.1) is 0 Å². The van der Waals surface area contributed by atoms with Crippen LogP contribution in [0.2, 0.25) is 5.02 Å². The molecule has 4 aromatic rings. The van der Waals surface area contributed by atoms with Crippen molar-refractivity contribution in [2.24, 2.45) is 0 Å². The number of aromatic amines is 1. The Labute approximate surface area is 217 Å². The molecule has 1 atom stereocenters. The van der Waals surface area contributed by atoms with Gasteiger partial charge >= 0.3 is 6.09 Å². The van der Waals surface area contributed by atoms with Crippen LogP contribution in [0.1, 0.15) is 34.7 Å². The molecule has 0 saturated heterocycles. The average molecular weight is 546 g/mol. The first-order chi connectivity index (χ1) is 17.2. The summed E-state index contributed by atoms with van der Waals surface area (Å²) in [6.45, 7) is 2.59. The number of fused-ring (bicyclic) bond motifs is 3. The molecule has 188 valence electrons. The molecule has 1 unspecified atom stereocenters. The van der Waals surface area contributed by atoms with E-state index in [2.05, 4.69) is 9.97 Å². The van der Waals surface area contributed by atoms with Crippen LogP contribution in [0.4, 0.5) is 4.79 Å². The van der Waals surface area contributed by atoms with Crippen LogP contribution in [0.3, 0.4) is 0 Å². The number of rotatable bonds is 6. The first-order valence-corrected chi connectivity index (χ1v) is 14.6. The average Bonchev–Trinajstić information content (AvgIpc) is 3.41. The van der Waals surface area contributed by atoms with Gasteiger partial charge in [0.15, 0.2) is 9.84 Å². The van der Waals surface area contributed by atoms with Crippen LogP contribution in [-0.4, -0.2) is 48.8 Å². The third-order valence-electron chi connectivity index (χ3n) is 5.93. The van der Waals surface area contributed by atoms with E-state index in [0.717, 1.165) is 27.7 Å². The van der Waals surface area contributed by atoms with Crippen LogP contribution < -0.4 is 4.74 Å². The Morgan fingerprint density at radius 2 is 2.03 bits per heavy atom. The highest BCUT2D eigenvalue weighted by atomic mass is 35.5. The van der Waals surface area contributed by atoms with Crippen molar-refractivity contribution < 1.29 is 22.7 Å². The number of carbonyl (C=O) groups excluding carboxylic acids is 1. The fourth-order valence-corrected chi connectivity index (χ4v) is 6.71. The van der Waals surface area contributed by atoms with Crippen LogP contribution in [0.15, 0.2) is 48.7 Å². The lowest BCUT2D eigenvalue weighted by Gasteiger charge is -2.35. The number of H-pyrrole nitrogens is 1. The minimum Gasteiger partial charge on any atom is -0.450 e. The maximum absolute atomic E-state index is 12.9. The summed E-state index contributed by atoms with van der Waals surface area (Å²) < 4.78 is 34.3. The summed E-state index contributed by atoms with van der Waals surface area (Å²) in [4.78, 5) is 22.9. The molecule has 0 bridgehead atoms. The van der Waals surface area contributed by atoms with Crippen LogP contribution in [0, 0.1) is 0 Å². The number of thiazole rings is 1. The second-order valence-electron chi connectivity index (χ2n) is 8.59. The molecule has 1 N–H and O–H groups in total. The SMILES string of the molecule is CCOC(=O)N1CCc2c([nH]c3ccc(Cl)cc23)C1c1ccc(Oc2ncc(CS(C)(=O)=O)s2)cc1. The fraction of sp³-hybridized carbons (Fsp3) is 0.280. The lowest BCUT2D eigenvalue weighted by molar-refractivity contribution is 0.0932. The van der Waals surface area contributed by atoms with E-state index < -0.39 is 9.84 Å². The summed E-state index contributed by atoms with van der Waals surface area (Å²) in [6.07, 6.45) is 3.01. The van der Waals surface area contributed by atoms with Crippen molar-refractivity contribution in [3.05, 3.63) is 75.4 Å². The van der Waals surface area contributed by atoms with E-state index in [1.165, 1.54) is 23.8 Å². The Bertz CT molecular complexity index is 1530. The van der Waals surface area contributed by atoms with Gasteiger partial charge in [-0.25, -0.2) is 18.2 Å². The molecule has 3 heterocycles. The molecule has 2 aromatic heterocycles. The number of hydrogen-bond donors (Lipinski definition) is 1. The zero-order chi connectivity index (χ0) is 25.4. The van der Waals surface area contributed by atoms with Gasteiger partial charge in [0.2, 0.25) is 0 Å². The normalized spacial score (nSPS) is 15.6. The predicted octanol–water partition coefficient (Wildman–Crippen LogP) is 5.72. The standard InChI is InChI=1S/C25H24ClN3O5S2/c1-3-33-25(30)29-11-10-19-20-12-16(26)6-9-21(20)28-22(19)23(29)15-4-7-17(8-5-15)34-24-27-13-18(35-24)14-36(2,31)32/h4-9,12-13,23,28H,3,10-11,14H2,1-2H3. The predicted molar refractivity (Wildman–Crippen MR) is 140 cm³/mol. The van der Waals surface area contributed by atoms with Crippen molar-refractivity contribution in [2.75, 3.05) is 19.4 Å². The van der Waals surface area contributed by atoms with Crippen molar-refractivity contribution in [1.29, 1.82) is 0 Å². The molecule has 0 aliphatic carbocycles. The highest BCUT2D eigenvalue weighted by Crippen LogP contribution is 2.40. The minimum absolute atomic E-state index is 0.0730. The summed E-state index contributed by atoms with van der Waals surface area (Å²) in [6, 6.07) is 12.8. The summed E-state index contributed by atoms with van der Waals surface area (Å²) in [5, 5.41) is 2.08. The van der Waals surface area contributed by atoms with Gasteiger partial charge in [0.25, 0.3) is 5.19 Å². The van der Waals surface area contributed by atoms with Crippen molar-refractivity contribution in [3.63, 3.8) is 0 Å². The van der Waals surface area contributed by atoms with E-state index in [-0.39, 0.29) is 17.9 Å². The number of ether oxygens (including phenoxy) is 2. The molecule has 0 spiro atoms. The first-order valence-electron chi connectivity index (χ1n) is 11.4. The van der Waals surface area contributed by atoms with Crippen LogP contribution >= 0.6 is 22.9 Å². The number of aromatic nitrogens is 2. The largest absolute Gasteiger partial charge is 0.450 e. The molecule has 2 aromatic carbocycles. The number of halogens is 1. The van der Waals surface area contributed by atoms with E-state index in [0.29, 0.717) is 40.4 Å². The van der Waals surface area contributed by atoms with Crippen molar-refractivity contribution in [1.82, 2.24) is 14.9 Å².